The zero-order valence-electron chi connectivity index (χ0n) is 10.7. The topological polar surface area (TPSA) is 24.1 Å². The standard InChI is InChI=1S/C16H20N2/c1-2-5-15-10-13(7-8-14(15)4-1)11-17-12-16-6-3-9-18-16/h1-2,4-5,7-8,10,16-18H,3,6,9,11-12H2. The fourth-order valence-electron chi connectivity index (χ4n) is 2.67. The number of benzene rings is 2. The summed E-state index contributed by atoms with van der Waals surface area (Å²) in [6, 6.07) is 15.9. The SMILES string of the molecule is c1ccc2cc(CNCC3CCCN3)ccc2c1. The Kier molecular flexibility index (Phi) is 3.58. The predicted octanol–water partition coefficient (Wildman–Crippen LogP) is 2.68. The van der Waals surface area contributed by atoms with E-state index in [9.17, 15) is 0 Å². The Balaban J connectivity index is 1.60. The van der Waals surface area contributed by atoms with Gasteiger partial charge in [-0.25, -0.2) is 0 Å². The van der Waals surface area contributed by atoms with E-state index in [1.807, 2.05) is 0 Å². The molecule has 2 N–H and O–H groups in total. The number of fused-ring (bicyclic) bond motifs is 1. The first kappa shape index (κ1) is 11.7. The number of nitrogens with one attached hydrogen (secondary N) is 2. The number of hydrogen-bond donors (Lipinski definition) is 2. The van der Waals surface area contributed by atoms with Gasteiger partial charge < -0.3 is 10.6 Å². The molecule has 1 aliphatic rings. The Hall–Kier alpha value is -1.38. The van der Waals surface area contributed by atoms with Crippen molar-refractivity contribution in [3.8, 4) is 0 Å². The first-order valence-electron chi connectivity index (χ1n) is 6.83. The zero-order chi connectivity index (χ0) is 12.2. The van der Waals surface area contributed by atoms with E-state index in [4.69, 9.17) is 0 Å². The molecule has 1 unspecified atom stereocenters. The minimum absolute atomic E-state index is 0.672. The molecule has 3 rings (SSSR count). The second-order valence-electron chi connectivity index (χ2n) is 5.11. The molecule has 0 aromatic heterocycles. The van der Waals surface area contributed by atoms with Gasteiger partial charge in [0.2, 0.25) is 0 Å². The van der Waals surface area contributed by atoms with Crippen LogP contribution < -0.4 is 10.6 Å². The third-order valence-electron chi connectivity index (χ3n) is 3.70. The maximum Gasteiger partial charge on any atom is 0.0206 e. The molecule has 0 spiro atoms. The molecular formula is C16H20N2. The summed E-state index contributed by atoms with van der Waals surface area (Å²) < 4.78 is 0. The van der Waals surface area contributed by atoms with Gasteiger partial charge in [-0.1, -0.05) is 36.4 Å². The Morgan fingerprint density at radius 3 is 2.83 bits per heavy atom. The monoisotopic (exact) mass is 240 g/mol. The second kappa shape index (κ2) is 5.51. The molecule has 2 nitrogen and oxygen atoms in total. The Bertz CT molecular complexity index is 515. The van der Waals surface area contributed by atoms with Gasteiger partial charge in [-0.3, -0.25) is 0 Å². The summed E-state index contributed by atoms with van der Waals surface area (Å²) in [4.78, 5) is 0. The molecular weight excluding hydrogens is 220 g/mol. The van der Waals surface area contributed by atoms with Gasteiger partial charge in [-0.2, -0.15) is 0 Å². The molecule has 2 heteroatoms. The molecule has 1 aliphatic heterocycles. The molecule has 94 valence electrons. The molecule has 1 saturated heterocycles. The van der Waals surface area contributed by atoms with Crippen molar-refractivity contribution in [2.45, 2.75) is 25.4 Å². The van der Waals surface area contributed by atoms with Gasteiger partial charge >= 0.3 is 0 Å². The summed E-state index contributed by atoms with van der Waals surface area (Å²) in [6.45, 7) is 3.22. The van der Waals surface area contributed by atoms with E-state index < -0.39 is 0 Å². The number of rotatable bonds is 4. The molecule has 0 aliphatic carbocycles. The van der Waals surface area contributed by atoms with Crippen LogP contribution in [0.1, 0.15) is 18.4 Å². The van der Waals surface area contributed by atoms with Crippen molar-refractivity contribution < 1.29 is 0 Å². The van der Waals surface area contributed by atoms with Crippen LogP contribution in [0, 0.1) is 0 Å². The summed E-state index contributed by atoms with van der Waals surface area (Å²) in [7, 11) is 0. The first-order valence-corrected chi connectivity index (χ1v) is 6.83. The fraction of sp³-hybridized carbons (Fsp3) is 0.375. The Morgan fingerprint density at radius 1 is 1.11 bits per heavy atom. The molecule has 1 atom stereocenters. The lowest BCUT2D eigenvalue weighted by atomic mass is 10.1. The van der Waals surface area contributed by atoms with E-state index in [-0.39, 0.29) is 0 Å². The highest BCUT2D eigenvalue weighted by atomic mass is 15.0. The summed E-state index contributed by atoms with van der Waals surface area (Å²) in [5, 5.41) is 9.70. The van der Waals surface area contributed by atoms with Crippen LogP contribution in [0.15, 0.2) is 42.5 Å². The van der Waals surface area contributed by atoms with E-state index in [0.717, 1.165) is 13.1 Å². The fourth-order valence-corrected chi connectivity index (χ4v) is 2.67. The largest absolute Gasteiger partial charge is 0.313 e. The maximum atomic E-state index is 3.55. The van der Waals surface area contributed by atoms with E-state index >= 15 is 0 Å². The van der Waals surface area contributed by atoms with E-state index in [1.54, 1.807) is 0 Å². The first-order chi connectivity index (χ1) is 8.92. The van der Waals surface area contributed by atoms with Crippen molar-refractivity contribution in [1.29, 1.82) is 0 Å². The van der Waals surface area contributed by atoms with E-state index in [2.05, 4.69) is 53.1 Å². The highest BCUT2D eigenvalue weighted by Crippen LogP contribution is 2.15. The van der Waals surface area contributed by atoms with Crippen molar-refractivity contribution in [2.24, 2.45) is 0 Å². The molecule has 18 heavy (non-hydrogen) atoms. The lowest BCUT2D eigenvalue weighted by Gasteiger charge is -2.11. The van der Waals surface area contributed by atoms with Crippen LogP contribution in [-0.4, -0.2) is 19.1 Å². The summed E-state index contributed by atoms with van der Waals surface area (Å²) in [6.07, 6.45) is 2.63. The average Bonchev–Trinajstić information content (AvgIpc) is 2.92. The minimum Gasteiger partial charge on any atom is -0.313 e. The Morgan fingerprint density at radius 2 is 2.00 bits per heavy atom. The van der Waals surface area contributed by atoms with Gasteiger partial charge in [-0.15, -0.1) is 0 Å². The van der Waals surface area contributed by atoms with E-state index in [0.29, 0.717) is 6.04 Å². The molecule has 1 fully saturated rings. The van der Waals surface area contributed by atoms with Gasteiger partial charge in [0, 0.05) is 19.1 Å². The number of hydrogen-bond acceptors (Lipinski definition) is 2. The second-order valence-corrected chi connectivity index (χ2v) is 5.11. The molecule has 0 bridgehead atoms. The predicted molar refractivity (Wildman–Crippen MR) is 76.7 cm³/mol. The van der Waals surface area contributed by atoms with Crippen molar-refractivity contribution in [3.63, 3.8) is 0 Å². The van der Waals surface area contributed by atoms with Crippen LogP contribution in [0.25, 0.3) is 10.8 Å². The van der Waals surface area contributed by atoms with Crippen molar-refractivity contribution in [1.82, 2.24) is 10.6 Å². The van der Waals surface area contributed by atoms with Crippen molar-refractivity contribution >= 4 is 10.8 Å². The molecule has 0 saturated carbocycles. The van der Waals surface area contributed by atoms with Gasteiger partial charge in [-0.05, 0) is 41.8 Å². The summed E-state index contributed by atoms with van der Waals surface area (Å²) in [5.41, 5.74) is 1.37. The average molecular weight is 240 g/mol. The maximum absolute atomic E-state index is 3.55. The molecule has 1 heterocycles. The van der Waals surface area contributed by atoms with Crippen LogP contribution >= 0.6 is 0 Å². The zero-order valence-corrected chi connectivity index (χ0v) is 10.7. The van der Waals surface area contributed by atoms with Crippen molar-refractivity contribution in [3.05, 3.63) is 48.0 Å². The third-order valence-corrected chi connectivity index (χ3v) is 3.70. The van der Waals surface area contributed by atoms with Crippen LogP contribution in [0.2, 0.25) is 0 Å². The molecule has 0 radical (unpaired) electrons. The van der Waals surface area contributed by atoms with Crippen LogP contribution in [-0.2, 0) is 6.54 Å². The summed E-state index contributed by atoms with van der Waals surface area (Å²) in [5.74, 6) is 0. The normalized spacial score (nSPS) is 19.4. The summed E-state index contributed by atoms with van der Waals surface area (Å²) >= 11 is 0. The quantitative estimate of drug-likeness (QED) is 0.858. The highest BCUT2D eigenvalue weighted by molar-refractivity contribution is 5.82. The van der Waals surface area contributed by atoms with E-state index in [1.165, 1.54) is 35.7 Å². The third kappa shape index (κ3) is 2.71. The van der Waals surface area contributed by atoms with Crippen LogP contribution in [0.4, 0.5) is 0 Å². The minimum atomic E-state index is 0.672. The van der Waals surface area contributed by atoms with Crippen LogP contribution in [0.5, 0.6) is 0 Å². The van der Waals surface area contributed by atoms with Gasteiger partial charge in [0.15, 0.2) is 0 Å². The molecule has 2 aromatic rings. The van der Waals surface area contributed by atoms with Gasteiger partial charge in [0.1, 0.15) is 0 Å². The van der Waals surface area contributed by atoms with Crippen molar-refractivity contribution in [2.75, 3.05) is 13.1 Å². The lowest BCUT2D eigenvalue weighted by molar-refractivity contribution is 0.536. The van der Waals surface area contributed by atoms with Crippen LogP contribution in [0.3, 0.4) is 0 Å². The Labute approximate surface area is 108 Å². The highest BCUT2D eigenvalue weighted by Gasteiger charge is 2.12. The smallest absolute Gasteiger partial charge is 0.0206 e. The van der Waals surface area contributed by atoms with Gasteiger partial charge in [0.25, 0.3) is 0 Å². The molecule has 2 aromatic carbocycles. The van der Waals surface area contributed by atoms with Gasteiger partial charge in [0.05, 0.1) is 0 Å². The lowest BCUT2D eigenvalue weighted by Crippen LogP contribution is -2.33. The molecule has 0 amide bonds.